The lowest BCUT2D eigenvalue weighted by molar-refractivity contribution is -0.124. The van der Waals surface area contributed by atoms with Crippen LogP contribution in [0.15, 0.2) is 47.1 Å². The first-order chi connectivity index (χ1) is 10.9. The molecule has 0 saturated carbocycles. The van der Waals surface area contributed by atoms with Crippen molar-refractivity contribution < 1.29 is 13.9 Å². The number of furan rings is 1. The number of halogens is 1. The van der Waals surface area contributed by atoms with Gasteiger partial charge in [-0.25, -0.2) is 0 Å². The number of hydrogen-bond donors (Lipinski definition) is 2. The molecule has 0 aliphatic heterocycles. The molecule has 0 aliphatic rings. The van der Waals surface area contributed by atoms with Crippen LogP contribution < -0.4 is 15.4 Å². The monoisotopic (exact) mass is 352 g/mol. The highest BCUT2D eigenvalue weighted by molar-refractivity contribution is 5.85. The van der Waals surface area contributed by atoms with E-state index in [1.54, 1.807) is 6.26 Å². The minimum absolute atomic E-state index is 0. The molecular weight excluding hydrogens is 328 g/mol. The van der Waals surface area contributed by atoms with E-state index in [2.05, 4.69) is 10.6 Å². The number of amides is 1. The van der Waals surface area contributed by atoms with E-state index in [9.17, 15) is 4.79 Å². The minimum atomic E-state index is -0.259. The minimum Gasteiger partial charge on any atom is -0.483 e. The predicted molar refractivity (Wildman–Crippen MR) is 96.3 cm³/mol. The Kier molecular flexibility index (Phi) is 7.82. The van der Waals surface area contributed by atoms with Crippen LogP contribution in [0.3, 0.4) is 0 Å². The predicted octanol–water partition coefficient (Wildman–Crippen LogP) is 3.28. The van der Waals surface area contributed by atoms with Gasteiger partial charge in [-0.05, 0) is 39.0 Å². The van der Waals surface area contributed by atoms with Crippen LogP contribution in [0.25, 0.3) is 0 Å². The maximum Gasteiger partial charge on any atom is 0.258 e. The van der Waals surface area contributed by atoms with Gasteiger partial charge in [0.2, 0.25) is 0 Å². The Morgan fingerprint density at radius 3 is 2.54 bits per heavy atom. The average Bonchev–Trinajstić information content (AvgIpc) is 2.98. The second-order valence-electron chi connectivity index (χ2n) is 6.38. The van der Waals surface area contributed by atoms with Crippen molar-refractivity contribution in [1.29, 1.82) is 0 Å². The Morgan fingerprint density at radius 2 is 1.88 bits per heavy atom. The van der Waals surface area contributed by atoms with Crippen LogP contribution in [0.5, 0.6) is 5.75 Å². The number of ether oxygens (including phenoxy) is 1. The Labute approximate surface area is 149 Å². The molecule has 0 aliphatic carbocycles. The lowest BCUT2D eigenvalue weighted by Gasteiger charge is -2.20. The van der Waals surface area contributed by atoms with Gasteiger partial charge in [0.05, 0.1) is 12.8 Å². The van der Waals surface area contributed by atoms with Crippen LogP contribution in [0, 0.1) is 0 Å². The fraction of sp³-hybridized carbons (Fsp3) is 0.389. The first-order valence-corrected chi connectivity index (χ1v) is 7.69. The van der Waals surface area contributed by atoms with E-state index in [4.69, 9.17) is 9.15 Å². The molecule has 1 amide bonds. The van der Waals surface area contributed by atoms with E-state index < -0.39 is 0 Å². The van der Waals surface area contributed by atoms with Crippen LogP contribution in [-0.4, -0.2) is 18.1 Å². The SMILES string of the molecule is CC(C)(C)NC(=O)COc1ccccc1CNCc1ccco1.Cl. The highest BCUT2D eigenvalue weighted by Gasteiger charge is 2.14. The molecule has 0 bridgehead atoms. The number of nitrogens with one attached hydrogen (secondary N) is 2. The Hall–Kier alpha value is -1.98. The highest BCUT2D eigenvalue weighted by Crippen LogP contribution is 2.18. The van der Waals surface area contributed by atoms with Crippen molar-refractivity contribution in [2.24, 2.45) is 0 Å². The van der Waals surface area contributed by atoms with E-state index in [1.807, 2.05) is 57.2 Å². The molecule has 0 saturated heterocycles. The zero-order valence-corrected chi connectivity index (χ0v) is 15.1. The fourth-order valence-corrected chi connectivity index (χ4v) is 2.12. The number of hydrogen-bond acceptors (Lipinski definition) is 4. The van der Waals surface area contributed by atoms with Crippen LogP contribution in [-0.2, 0) is 17.9 Å². The van der Waals surface area contributed by atoms with Gasteiger partial charge in [0.1, 0.15) is 11.5 Å². The zero-order valence-electron chi connectivity index (χ0n) is 14.3. The number of carbonyl (C=O) groups excluding carboxylic acids is 1. The smallest absolute Gasteiger partial charge is 0.258 e. The van der Waals surface area contributed by atoms with Crippen LogP contribution in [0.4, 0.5) is 0 Å². The third-order valence-corrected chi connectivity index (χ3v) is 3.04. The van der Waals surface area contributed by atoms with Gasteiger partial charge >= 0.3 is 0 Å². The summed E-state index contributed by atoms with van der Waals surface area (Å²) < 4.78 is 10.9. The summed E-state index contributed by atoms with van der Waals surface area (Å²) in [6, 6.07) is 11.5. The molecule has 0 unspecified atom stereocenters. The fourth-order valence-electron chi connectivity index (χ4n) is 2.12. The van der Waals surface area contributed by atoms with Crippen molar-refractivity contribution in [3.8, 4) is 5.75 Å². The third-order valence-electron chi connectivity index (χ3n) is 3.04. The zero-order chi connectivity index (χ0) is 16.7. The summed E-state index contributed by atoms with van der Waals surface area (Å²) in [4.78, 5) is 11.8. The second kappa shape index (κ2) is 9.35. The molecule has 1 aromatic heterocycles. The van der Waals surface area contributed by atoms with Crippen molar-refractivity contribution in [2.45, 2.75) is 39.4 Å². The molecule has 132 valence electrons. The van der Waals surface area contributed by atoms with Gasteiger partial charge in [-0.15, -0.1) is 12.4 Å². The van der Waals surface area contributed by atoms with Crippen molar-refractivity contribution in [1.82, 2.24) is 10.6 Å². The number of carbonyl (C=O) groups is 1. The highest BCUT2D eigenvalue weighted by atomic mass is 35.5. The van der Waals surface area contributed by atoms with Crippen LogP contribution >= 0.6 is 12.4 Å². The quantitative estimate of drug-likeness (QED) is 0.802. The van der Waals surface area contributed by atoms with E-state index in [-0.39, 0.29) is 30.5 Å². The summed E-state index contributed by atoms with van der Waals surface area (Å²) in [5.74, 6) is 1.47. The van der Waals surface area contributed by atoms with Gasteiger partial charge in [-0.2, -0.15) is 0 Å². The number of rotatable bonds is 7. The van der Waals surface area contributed by atoms with Crippen molar-refractivity contribution in [2.75, 3.05) is 6.61 Å². The standard InChI is InChI=1S/C18H24N2O3.ClH/c1-18(2,3)20-17(21)13-23-16-9-5-4-7-14(16)11-19-12-15-8-6-10-22-15;/h4-10,19H,11-13H2,1-3H3,(H,20,21);1H. The molecule has 2 aromatic rings. The lowest BCUT2D eigenvalue weighted by atomic mass is 10.1. The molecule has 6 heteroatoms. The third kappa shape index (κ3) is 7.06. The summed E-state index contributed by atoms with van der Waals surface area (Å²) in [6.07, 6.45) is 1.65. The molecule has 1 aromatic carbocycles. The molecule has 0 fully saturated rings. The Morgan fingerprint density at radius 1 is 1.12 bits per heavy atom. The van der Waals surface area contributed by atoms with Crippen LogP contribution in [0.2, 0.25) is 0 Å². The van der Waals surface area contributed by atoms with Gasteiger partial charge in [-0.1, -0.05) is 18.2 Å². The molecule has 2 N–H and O–H groups in total. The maximum atomic E-state index is 11.8. The lowest BCUT2D eigenvalue weighted by Crippen LogP contribution is -2.43. The van der Waals surface area contributed by atoms with Crippen molar-refractivity contribution >= 4 is 18.3 Å². The van der Waals surface area contributed by atoms with Gasteiger partial charge in [0, 0.05) is 17.6 Å². The number of benzene rings is 1. The van der Waals surface area contributed by atoms with Crippen molar-refractivity contribution in [3.05, 3.63) is 54.0 Å². The summed E-state index contributed by atoms with van der Waals surface area (Å²) in [6.45, 7) is 7.11. The molecule has 24 heavy (non-hydrogen) atoms. The maximum absolute atomic E-state index is 11.8. The molecule has 2 rings (SSSR count). The first kappa shape index (κ1) is 20.1. The topological polar surface area (TPSA) is 63.5 Å². The summed E-state index contributed by atoms with van der Waals surface area (Å²) in [7, 11) is 0. The summed E-state index contributed by atoms with van der Waals surface area (Å²) >= 11 is 0. The van der Waals surface area contributed by atoms with E-state index in [1.165, 1.54) is 0 Å². The van der Waals surface area contributed by atoms with E-state index in [0.29, 0.717) is 18.8 Å². The first-order valence-electron chi connectivity index (χ1n) is 7.69. The molecule has 1 heterocycles. The van der Waals surface area contributed by atoms with E-state index in [0.717, 1.165) is 11.3 Å². The molecule has 0 radical (unpaired) electrons. The largest absolute Gasteiger partial charge is 0.483 e. The van der Waals surface area contributed by atoms with Gasteiger partial charge in [-0.3, -0.25) is 4.79 Å². The Balaban J connectivity index is 0.00000288. The summed E-state index contributed by atoms with van der Waals surface area (Å²) in [5, 5.41) is 6.17. The molecule has 0 spiro atoms. The molecule has 0 atom stereocenters. The molecule has 5 nitrogen and oxygen atoms in total. The van der Waals surface area contributed by atoms with Gasteiger partial charge in [0.25, 0.3) is 5.91 Å². The normalized spacial score (nSPS) is 10.8. The van der Waals surface area contributed by atoms with Gasteiger partial charge in [0.15, 0.2) is 6.61 Å². The van der Waals surface area contributed by atoms with E-state index >= 15 is 0 Å². The second-order valence-corrected chi connectivity index (χ2v) is 6.38. The average molecular weight is 353 g/mol. The summed E-state index contributed by atoms with van der Waals surface area (Å²) in [5.41, 5.74) is 0.743. The Bertz CT molecular complexity index is 621. The van der Waals surface area contributed by atoms with Crippen LogP contribution in [0.1, 0.15) is 32.1 Å². The van der Waals surface area contributed by atoms with Crippen molar-refractivity contribution in [3.63, 3.8) is 0 Å². The van der Waals surface area contributed by atoms with Gasteiger partial charge < -0.3 is 19.8 Å². The molecular formula is C18H25ClN2O3. The number of para-hydroxylation sites is 1.